The molecule has 0 saturated carbocycles. The lowest BCUT2D eigenvalue weighted by Crippen LogP contribution is -2.44. The Morgan fingerprint density at radius 3 is 2.57 bits per heavy atom. The van der Waals surface area contributed by atoms with Gasteiger partial charge in [0.2, 0.25) is 10.0 Å². The molecule has 5 aromatic rings. The van der Waals surface area contributed by atoms with Gasteiger partial charge in [0.05, 0.1) is 22.2 Å². The van der Waals surface area contributed by atoms with Crippen LogP contribution in [0.1, 0.15) is 13.8 Å². The summed E-state index contributed by atoms with van der Waals surface area (Å²) in [6.45, 7) is 3.29. The molecular weight excluding hydrogens is 488 g/mol. The fourth-order valence-corrected chi connectivity index (χ4v) is 6.27. The number of methoxy groups -OCH3 is 1. The van der Waals surface area contributed by atoms with E-state index in [1.165, 1.54) is 12.1 Å². The van der Waals surface area contributed by atoms with Crippen LogP contribution < -0.4 is 9.46 Å². The number of aliphatic carboxylic acids is 1. The summed E-state index contributed by atoms with van der Waals surface area (Å²) in [4.78, 5) is 16.2. The van der Waals surface area contributed by atoms with E-state index in [1.807, 2.05) is 36.4 Å². The third-order valence-electron chi connectivity index (χ3n) is 5.81. The van der Waals surface area contributed by atoms with Gasteiger partial charge < -0.3 is 14.3 Å². The minimum Gasteiger partial charge on any atom is -0.497 e. The fraction of sp³-hybridized carbons (Fsp3) is 0.200. The smallest absolute Gasteiger partial charge is 0.322 e. The number of furan rings is 1. The standard InChI is InChI=1S/C25H22N2O6S2/c1-13(2)23(25(28)29)27-35(30,31)16-6-9-20-18(12-16)17-7-4-14(10-21(17)33-20)24-26-19-8-5-15(32-3)11-22(19)34-24/h4-13,23,27H,1-3H3,(H,28,29)/t23-/m1/s1. The second-order valence-corrected chi connectivity index (χ2v) is 11.2. The minimum atomic E-state index is -4.05. The molecule has 2 heterocycles. The summed E-state index contributed by atoms with van der Waals surface area (Å²) in [7, 11) is -2.43. The summed E-state index contributed by atoms with van der Waals surface area (Å²) >= 11 is 1.54. The highest BCUT2D eigenvalue weighted by Gasteiger charge is 2.28. The van der Waals surface area contributed by atoms with Crippen molar-refractivity contribution in [2.75, 3.05) is 7.11 Å². The molecule has 0 aliphatic heterocycles. The van der Waals surface area contributed by atoms with Crippen molar-refractivity contribution in [1.82, 2.24) is 9.71 Å². The zero-order valence-electron chi connectivity index (χ0n) is 19.1. The monoisotopic (exact) mass is 510 g/mol. The van der Waals surface area contributed by atoms with Gasteiger partial charge in [0.1, 0.15) is 28.0 Å². The molecule has 2 N–H and O–H groups in total. The second kappa shape index (κ2) is 8.63. The SMILES string of the molecule is COc1ccc2nc(-c3ccc4c(c3)oc3ccc(S(=O)(=O)N[C@@H](C(=O)O)C(C)C)cc34)sc2c1. The second-order valence-electron chi connectivity index (χ2n) is 8.50. The van der Waals surface area contributed by atoms with E-state index in [9.17, 15) is 18.3 Å². The molecule has 10 heteroatoms. The molecule has 8 nitrogen and oxygen atoms in total. The first kappa shape index (κ1) is 23.3. The third-order valence-corrected chi connectivity index (χ3v) is 8.32. The number of ether oxygens (including phenoxy) is 1. The lowest BCUT2D eigenvalue weighted by molar-refractivity contribution is -0.140. The lowest BCUT2D eigenvalue weighted by Gasteiger charge is -2.17. The number of sulfonamides is 1. The Hall–Kier alpha value is -3.47. The van der Waals surface area contributed by atoms with Crippen LogP contribution in [0.3, 0.4) is 0 Å². The number of thiazole rings is 1. The van der Waals surface area contributed by atoms with E-state index in [-0.39, 0.29) is 4.90 Å². The van der Waals surface area contributed by atoms with Crippen LogP contribution in [0.25, 0.3) is 42.7 Å². The predicted molar refractivity (Wildman–Crippen MR) is 135 cm³/mol. The number of fused-ring (bicyclic) bond motifs is 4. The molecule has 0 spiro atoms. The average Bonchev–Trinajstić information content (AvgIpc) is 3.41. The van der Waals surface area contributed by atoms with Crippen LogP contribution in [0.2, 0.25) is 0 Å². The average molecular weight is 511 g/mol. The van der Waals surface area contributed by atoms with Crippen LogP contribution in [-0.4, -0.2) is 37.6 Å². The third kappa shape index (κ3) is 4.24. The molecule has 0 aliphatic carbocycles. The normalized spacial score (nSPS) is 13.1. The zero-order valence-corrected chi connectivity index (χ0v) is 20.7. The van der Waals surface area contributed by atoms with Gasteiger partial charge >= 0.3 is 5.97 Å². The van der Waals surface area contributed by atoms with E-state index in [4.69, 9.17) is 14.1 Å². The van der Waals surface area contributed by atoms with Crippen LogP contribution in [0.4, 0.5) is 0 Å². The molecule has 0 fully saturated rings. The van der Waals surface area contributed by atoms with Crippen molar-refractivity contribution in [2.24, 2.45) is 5.92 Å². The number of carbonyl (C=O) groups is 1. The summed E-state index contributed by atoms with van der Waals surface area (Å²) in [5, 5.41) is 11.6. The van der Waals surface area contributed by atoms with Gasteiger partial charge in [-0.2, -0.15) is 4.72 Å². The molecule has 5 rings (SSSR count). The molecule has 0 radical (unpaired) electrons. The number of aromatic nitrogens is 1. The number of carboxylic acid groups (broad SMARTS) is 1. The van der Waals surface area contributed by atoms with E-state index in [0.29, 0.717) is 16.6 Å². The Morgan fingerprint density at radius 1 is 1.06 bits per heavy atom. The quantitative estimate of drug-likeness (QED) is 0.307. The van der Waals surface area contributed by atoms with Gasteiger partial charge in [-0.05, 0) is 54.4 Å². The molecule has 0 amide bonds. The number of rotatable bonds is 7. The fourth-order valence-electron chi connectivity index (χ4n) is 3.92. The van der Waals surface area contributed by atoms with Crippen molar-refractivity contribution in [3.63, 3.8) is 0 Å². The number of hydrogen-bond donors (Lipinski definition) is 2. The summed E-state index contributed by atoms with van der Waals surface area (Å²) in [5.41, 5.74) is 2.89. The van der Waals surface area contributed by atoms with E-state index in [2.05, 4.69) is 4.72 Å². The van der Waals surface area contributed by atoms with Crippen LogP contribution in [0.5, 0.6) is 5.75 Å². The van der Waals surface area contributed by atoms with Crippen molar-refractivity contribution in [1.29, 1.82) is 0 Å². The number of benzene rings is 3. The number of nitrogens with one attached hydrogen (secondary N) is 1. The first-order valence-electron chi connectivity index (χ1n) is 10.8. The molecular formula is C25H22N2O6S2. The van der Waals surface area contributed by atoms with Gasteiger partial charge in [0, 0.05) is 16.3 Å². The first-order chi connectivity index (χ1) is 16.7. The first-order valence-corrected chi connectivity index (χ1v) is 13.1. The highest BCUT2D eigenvalue weighted by atomic mass is 32.2. The number of hydrogen-bond acceptors (Lipinski definition) is 7. The summed E-state index contributed by atoms with van der Waals surface area (Å²) in [6.07, 6.45) is 0. The molecule has 1 atom stereocenters. The van der Waals surface area contributed by atoms with E-state index >= 15 is 0 Å². The van der Waals surface area contributed by atoms with Crippen molar-refractivity contribution in [2.45, 2.75) is 24.8 Å². The Morgan fingerprint density at radius 2 is 1.86 bits per heavy atom. The van der Waals surface area contributed by atoms with Crippen LogP contribution >= 0.6 is 11.3 Å². The maximum atomic E-state index is 12.9. The van der Waals surface area contributed by atoms with Gasteiger partial charge in [-0.3, -0.25) is 4.79 Å². The van der Waals surface area contributed by atoms with Crippen LogP contribution in [0.15, 0.2) is 63.9 Å². The van der Waals surface area contributed by atoms with Crippen molar-refractivity contribution in [3.05, 3.63) is 54.6 Å². The Balaban J connectivity index is 1.54. The van der Waals surface area contributed by atoms with Gasteiger partial charge in [0.15, 0.2) is 0 Å². The summed E-state index contributed by atoms with van der Waals surface area (Å²) in [6, 6.07) is 14.7. The predicted octanol–water partition coefficient (Wildman–Crippen LogP) is 5.26. The minimum absolute atomic E-state index is 0.0243. The highest BCUT2D eigenvalue weighted by Crippen LogP contribution is 2.36. The highest BCUT2D eigenvalue weighted by molar-refractivity contribution is 7.89. The van der Waals surface area contributed by atoms with Gasteiger partial charge in [-0.1, -0.05) is 19.9 Å². The largest absolute Gasteiger partial charge is 0.497 e. The summed E-state index contributed by atoms with van der Waals surface area (Å²) in [5.74, 6) is -0.870. The van der Waals surface area contributed by atoms with Crippen LogP contribution in [-0.2, 0) is 14.8 Å². The molecule has 0 saturated heterocycles. The van der Waals surface area contributed by atoms with E-state index in [0.717, 1.165) is 31.9 Å². The molecule has 3 aromatic carbocycles. The Bertz CT molecular complexity index is 1700. The zero-order chi connectivity index (χ0) is 24.9. The number of carboxylic acids is 1. The maximum absolute atomic E-state index is 12.9. The molecule has 0 unspecified atom stereocenters. The van der Waals surface area contributed by atoms with E-state index in [1.54, 1.807) is 38.4 Å². The van der Waals surface area contributed by atoms with Gasteiger partial charge in [-0.25, -0.2) is 13.4 Å². The van der Waals surface area contributed by atoms with E-state index < -0.39 is 28.0 Å². The topological polar surface area (TPSA) is 119 Å². The lowest BCUT2D eigenvalue weighted by atomic mass is 10.1. The number of nitrogens with zero attached hydrogens (tertiary/aromatic N) is 1. The Kier molecular flexibility index (Phi) is 5.74. The molecule has 0 bridgehead atoms. The van der Waals surface area contributed by atoms with Crippen molar-refractivity contribution >= 4 is 59.5 Å². The van der Waals surface area contributed by atoms with Crippen molar-refractivity contribution < 1.29 is 27.5 Å². The van der Waals surface area contributed by atoms with Gasteiger partial charge in [-0.15, -0.1) is 11.3 Å². The molecule has 35 heavy (non-hydrogen) atoms. The summed E-state index contributed by atoms with van der Waals surface area (Å²) < 4.78 is 40.4. The van der Waals surface area contributed by atoms with Gasteiger partial charge in [0.25, 0.3) is 0 Å². The molecule has 180 valence electrons. The maximum Gasteiger partial charge on any atom is 0.322 e. The van der Waals surface area contributed by atoms with Crippen LogP contribution in [0, 0.1) is 5.92 Å². The molecule has 0 aliphatic rings. The van der Waals surface area contributed by atoms with Crippen molar-refractivity contribution in [3.8, 4) is 16.3 Å². The molecule has 2 aromatic heterocycles. The Labute approximate surface area is 205 Å².